The molecule has 0 saturated carbocycles. The molecule has 2 atom stereocenters. The van der Waals surface area contributed by atoms with Crippen LogP contribution in [0.25, 0.3) is 0 Å². The van der Waals surface area contributed by atoms with Gasteiger partial charge in [-0.1, -0.05) is 31.2 Å². The molecule has 0 saturated heterocycles. The number of nitrogens with zero attached hydrogens (tertiary/aromatic N) is 1. The smallest absolute Gasteiger partial charge is 0.261 e. The molecule has 0 heterocycles. The molecule has 1 N–H and O–H groups in total. The maximum Gasteiger partial charge on any atom is 0.261 e. The SMILES string of the molecule is CC[C@H](Oc1ccc(N(C)S(C)(=O)=O)cc1)C(=O)N[C@@H]1CCCc2ccccc21. The number of ether oxygens (including phenoxy) is 1. The fraction of sp³-hybridized carbons (Fsp3) is 0.409. The summed E-state index contributed by atoms with van der Waals surface area (Å²) in [6.07, 6.45) is 4.09. The van der Waals surface area contributed by atoms with Crippen LogP contribution in [-0.4, -0.2) is 33.7 Å². The molecule has 0 aliphatic heterocycles. The van der Waals surface area contributed by atoms with E-state index >= 15 is 0 Å². The van der Waals surface area contributed by atoms with Gasteiger partial charge in [-0.25, -0.2) is 8.42 Å². The number of hydrogen-bond donors (Lipinski definition) is 1. The largest absolute Gasteiger partial charge is 0.481 e. The Morgan fingerprint density at radius 2 is 1.90 bits per heavy atom. The second kappa shape index (κ2) is 8.86. The number of sulfonamides is 1. The minimum absolute atomic E-state index is 0.0101. The molecule has 0 bridgehead atoms. The zero-order chi connectivity index (χ0) is 21.0. The average molecular weight is 417 g/mol. The molecular formula is C22H28N2O4S. The van der Waals surface area contributed by atoms with Gasteiger partial charge in [0, 0.05) is 7.05 Å². The first-order valence-electron chi connectivity index (χ1n) is 9.88. The monoisotopic (exact) mass is 416 g/mol. The molecule has 29 heavy (non-hydrogen) atoms. The van der Waals surface area contributed by atoms with Gasteiger partial charge in [0.1, 0.15) is 5.75 Å². The predicted octanol–water partition coefficient (Wildman–Crippen LogP) is 3.43. The number of carbonyl (C=O) groups is 1. The lowest BCUT2D eigenvalue weighted by atomic mass is 9.87. The summed E-state index contributed by atoms with van der Waals surface area (Å²) in [5.74, 6) is 0.397. The first-order valence-corrected chi connectivity index (χ1v) is 11.7. The van der Waals surface area contributed by atoms with Gasteiger partial charge in [-0.05, 0) is 61.1 Å². The normalized spacial score (nSPS) is 17.1. The Labute approximate surface area is 172 Å². The molecule has 2 aromatic rings. The molecule has 156 valence electrons. The number of carbonyl (C=O) groups excluding carboxylic acids is 1. The van der Waals surface area contributed by atoms with Crippen LogP contribution in [0.2, 0.25) is 0 Å². The molecule has 3 rings (SSSR count). The average Bonchev–Trinajstić information content (AvgIpc) is 2.71. The molecule has 7 heteroatoms. The number of aryl methyl sites for hydroxylation is 1. The van der Waals surface area contributed by atoms with Crippen molar-refractivity contribution in [1.29, 1.82) is 0 Å². The van der Waals surface area contributed by atoms with Gasteiger partial charge < -0.3 is 10.1 Å². The highest BCUT2D eigenvalue weighted by molar-refractivity contribution is 7.92. The summed E-state index contributed by atoms with van der Waals surface area (Å²) in [7, 11) is -1.83. The molecule has 1 amide bonds. The zero-order valence-corrected chi connectivity index (χ0v) is 17.9. The quantitative estimate of drug-likeness (QED) is 0.750. The Kier molecular flexibility index (Phi) is 6.47. The van der Waals surface area contributed by atoms with E-state index in [1.807, 2.05) is 19.1 Å². The molecule has 0 unspecified atom stereocenters. The standard InChI is InChI=1S/C22H28N2O4S/c1-4-21(28-18-14-12-17(13-15-18)24(2)29(3,26)27)22(25)23-20-11-7-9-16-8-5-6-10-19(16)20/h5-6,8,10,12-15,20-21H,4,7,9,11H2,1-3H3,(H,23,25)/t20-,21+/m1/s1. The molecule has 0 fully saturated rings. The summed E-state index contributed by atoms with van der Waals surface area (Å²) >= 11 is 0. The lowest BCUT2D eigenvalue weighted by Crippen LogP contribution is -2.41. The van der Waals surface area contributed by atoms with Crippen LogP contribution < -0.4 is 14.4 Å². The second-order valence-corrected chi connectivity index (χ2v) is 9.41. The van der Waals surface area contributed by atoms with Crippen molar-refractivity contribution in [3.63, 3.8) is 0 Å². The van der Waals surface area contributed by atoms with Gasteiger partial charge in [-0.3, -0.25) is 9.10 Å². The lowest BCUT2D eigenvalue weighted by molar-refractivity contribution is -0.129. The fourth-order valence-corrected chi connectivity index (χ4v) is 4.09. The third kappa shape index (κ3) is 5.09. The van der Waals surface area contributed by atoms with E-state index in [4.69, 9.17) is 4.74 Å². The summed E-state index contributed by atoms with van der Waals surface area (Å²) in [5, 5.41) is 3.14. The maximum atomic E-state index is 12.8. The van der Waals surface area contributed by atoms with Gasteiger partial charge >= 0.3 is 0 Å². The van der Waals surface area contributed by atoms with Crippen LogP contribution in [0.1, 0.15) is 43.4 Å². The number of anilines is 1. The zero-order valence-electron chi connectivity index (χ0n) is 17.1. The summed E-state index contributed by atoms with van der Waals surface area (Å²) < 4.78 is 30.4. The molecule has 0 spiro atoms. The van der Waals surface area contributed by atoms with Crippen molar-refractivity contribution in [1.82, 2.24) is 5.32 Å². The first-order chi connectivity index (χ1) is 13.8. The molecule has 1 aliphatic carbocycles. The fourth-order valence-electron chi connectivity index (χ4n) is 3.58. The summed E-state index contributed by atoms with van der Waals surface area (Å²) in [6.45, 7) is 1.91. The van der Waals surface area contributed by atoms with E-state index in [0.717, 1.165) is 25.5 Å². The van der Waals surface area contributed by atoms with Crippen LogP contribution >= 0.6 is 0 Å². The molecular weight excluding hydrogens is 388 g/mol. The van der Waals surface area contributed by atoms with Crippen LogP contribution in [0.3, 0.4) is 0 Å². The van der Waals surface area contributed by atoms with Crippen molar-refractivity contribution in [3.8, 4) is 5.75 Å². The van der Waals surface area contributed by atoms with Crippen LogP contribution in [0, 0.1) is 0 Å². The Bertz CT molecular complexity index is 957. The second-order valence-electron chi connectivity index (χ2n) is 7.39. The van der Waals surface area contributed by atoms with E-state index in [9.17, 15) is 13.2 Å². The molecule has 0 radical (unpaired) electrons. The van der Waals surface area contributed by atoms with Gasteiger partial charge in [0.25, 0.3) is 5.91 Å². The number of nitrogens with one attached hydrogen (secondary N) is 1. The Balaban J connectivity index is 1.67. The van der Waals surface area contributed by atoms with E-state index in [1.54, 1.807) is 24.3 Å². The topological polar surface area (TPSA) is 75.7 Å². The van der Waals surface area contributed by atoms with E-state index in [0.29, 0.717) is 17.9 Å². The van der Waals surface area contributed by atoms with Crippen molar-refractivity contribution < 1.29 is 17.9 Å². The Morgan fingerprint density at radius 3 is 2.55 bits per heavy atom. The van der Waals surface area contributed by atoms with Crippen LogP contribution in [0.15, 0.2) is 48.5 Å². The number of hydrogen-bond acceptors (Lipinski definition) is 4. The van der Waals surface area contributed by atoms with Crippen LogP contribution in [-0.2, 0) is 21.2 Å². The molecule has 2 aromatic carbocycles. The molecule has 6 nitrogen and oxygen atoms in total. The van der Waals surface area contributed by atoms with Gasteiger partial charge in [-0.15, -0.1) is 0 Å². The first kappa shape index (κ1) is 21.2. The maximum absolute atomic E-state index is 12.8. The molecule has 1 aliphatic rings. The Morgan fingerprint density at radius 1 is 1.21 bits per heavy atom. The van der Waals surface area contributed by atoms with Crippen LogP contribution in [0.5, 0.6) is 5.75 Å². The highest BCUT2D eigenvalue weighted by Crippen LogP contribution is 2.30. The van der Waals surface area contributed by atoms with Crippen molar-refractivity contribution in [3.05, 3.63) is 59.7 Å². The van der Waals surface area contributed by atoms with Gasteiger partial charge in [0.2, 0.25) is 10.0 Å². The highest BCUT2D eigenvalue weighted by atomic mass is 32.2. The highest BCUT2D eigenvalue weighted by Gasteiger charge is 2.26. The number of fused-ring (bicyclic) bond motifs is 1. The van der Waals surface area contributed by atoms with Crippen molar-refractivity contribution in [2.75, 3.05) is 17.6 Å². The van der Waals surface area contributed by atoms with Gasteiger partial charge in [-0.2, -0.15) is 0 Å². The minimum atomic E-state index is -3.32. The van der Waals surface area contributed by atoms with E-state index in [1.165, 1.54) is 22.5 Å². The third-order valence-corrected chi connectivity index (χ3v) is 6.53. The Hall–Kier alpha value is -2.54. The summed E-state index contributed by atoms with van der Waals surface area (Å²) in [4.78, 5) is 12.8. The van der Waals surface area contributed by atoms with Crippen molar-refractivity contribution in [2.24, 2.45) is 0 Å². The molecule has 0 aromatic heterocycles. The lowest BCUT2D eigenvalue weighted by Gasteiger charge is -2.28. The van der Waals surface area contributed by atoms with Gasteiger partial charge in [0.05, 0.1) is 18.0 Å². The number of benzene rings is 2. The predicted molar refractivity (Wildman–Crippen MR) is 115 cm³/mol. The van der Waals surface area contributed by atoms with Crippen molar-refractivity contribution in [2.45, 2.75) is 44.8 Å². The summed E-state index contributed by atoms with van der Waals surface area (Å²) in [6, 6.07) is 14.9. The van der Waals surface area contributed by atoms with Gasteiger partial charge in [0.15, 0.2) is 6.10 Å². The van der Waals surface area contributed by atoms with E-state index in [-0.39, 0.29) is 11.9 Å². The van der Waals surface area contributed by atoms with E-state index in [2.05, 4.69) is 17.4 Å². The van der Waals surface area contributed by atoms with E-state index < -0.39 is 16.1 Å². The third-order valence-electron chi connectivity index (χ3n) is 5.33. The minimum Gasteiger partial charge on any atom is -0.481 e. The summed E-state index contributed by atoms with van der Waals surface area (Å²) in [5.41, 5.74) is 3.02. The van der Waals surface area contributed by atoms with Crippen molar-refractivity contribution >= 4 is 21.6 Å². The van der Waals surface area contributed by atoms with Crippen LogP contribution in [0.4, 0.5) is 5.69 Å². The number of amides is 1. The number of rotatable bonds is 7.